The molecule has 0 saturated carbocycles. The number of nitrogens with one attached hydrogen (secondary N) is 2. The van der Waals surface area contributed by atoms with Crippen LogP contribution in [0.5, 0.6) is 23.0 Å². The molecule has 0 radical (unpaired) electrons. The first-order chi connectivity index (χ1) is 33.2. The number of aryl methyl sites for hydroxylation is 1. The number of phenols is 3. The summed E-state index contributed by atoms with van der Waals surface area (Å²) in [6.45, 7) is 5.98. The van der Waals surface area contributed by atoms with E-state index >= 15 is 0 Å². The monoisotopic (exact) mass is 934 g/mol. The molecule has 4 aliphatic rings. The highest BCUT2D eigenvalue weighted by Gasteiger charge is 2.38. The van der Waals surface area contributed by atoms with E-state index in [1.54, 1.807) is 19.1 Å². The van der Waals surface area contributed by atoms with Crippen molar-refractivity contribution in [1.29, 1.82) is 0 Å². The topological polar surface area (TPSA) is 187 Å². The molecule has 4 bridgehead atoms. The van der Waals surface area contributed by atoms with Crippen molar-refractivity contribution in [2.75, 3.05) is 25.1 Å². The largest absolute Gasteiger partial charge is 0.508 e. The number of fused-ring (bicyclic) bond motifs is 4. The quantitative estimate of drug-likeness (QED) is 0.0675. The fraction of sp³-hybridized carbons (Fsp3) is 0.375. The predicted octanol–water partition coefficient (Wildman–Crippen LogP) is 9.21. The number of anilines is 1. The highest BCUT2D eigenvalue weighted by molar-refractivity contribution is 6.00. The number of rotatable bonds is 7. The second-order valence-electron chi connectivity index (χ2n) is 19.3. The van der Waals surface area contributed by atoms with Gasteiger partial charge in [-0.3, -0.25) is 14.4 Å². The number of H-pyrrole nitrogens is 1. The molecule has 5 aromatic rings. The van der Waals surface area contributed by atoms with Gasteiger partial charge < -0.3 is 49.7 Å². The van der Waals surface area contributed by atoms with Gasteiger partial charge in [-0.25, -0.2) is 0 Å². The number of hydrogen-bond donors (Lipinski definition) is 6. The minimum Gasteiger partial charge on any atom is -0.508 e. The van der Waals surface area contributed by atoms with Crippen LogP contribution >= 0.6 is 0 Å². The van der Waals surface area contributed by atoms with Crippen LogP contribution in [0.25, 0.3) is 10.8 Å². The number of Topliss-reactive ketones (excluding diaryl/α,β-unsaturated/α-hetero) is 2. The summed E-state index contributed by atoms with van der Waals surface area (Å²) in [5, 5.41) is 49.6. The number of hydrogen-bond acceptors (Lipinski definition) is 11. The average molecular weight is 935 g/mol. The summed E-state index contributed by atoms with van der Waals surface area (Å²) in [6, 6.07) is 13.7. The minimum absolute atomic E-state index is 0.0203. The zero-order valence-electron chi connectivity index (χ0n) is 39.7. The zero-order chi connectivity index (χ0) is 48.6. The first-order valence-electron chi connectivity index (χ1n) is 24.1. The lowest BCUT2D eigenvalue weighted by molar-refractivity contribution is -0.148. The number of allylic oxidation sites excluding steroid dienone is 6. The normalized spacial score (nSPS) is 24.0. The summed E-state index contributed by atoms with van der Waals surface area (Å²) in [5.74, 6) is -0.543. The molecule has 0 fully saturated rings. The van der Waals surface area contributed by atoms with Crippen LogP contribution in [0.15, 0.2) is 115 Å². The van der Waals surface area contributed by atoms with E-state index in [0.717, 1.165) is 55.8 Å². The summed E-state index contributed by atoms with van der Waals surface area (Å²) < 4.78 is 13.6. The van der Waals surface area contributed by atoms with E-state index in [1.807, 2.05) is 36.5 Å². The third-order valence-electron chi connectivity index (χ3n) is 14.9. The van der Waals surface area contributed by atoms with Gasteiger partial charge in [0.25, 0.3) is 0 Å². The van der Waals surface area contributed by atoms with Crippen LogP contribution in [-0.2, 0) is 38.4 Å². The van der Waals surface area contributed by atoms with Gasteiger partial charge in [0.1, 0.15) is 29.2 Å². The lowest BCUT2D eigenvalue weighted by Gasteiger charge is -2.38. The maximum Gasteiger partial charge on any atom is 0.302 e. The number of carbonyl (C=O) groups is 3. The van der Waals surface area contributed by atoms with Gasteiger partial charge in [-0.2, -0.15) is 0 Å². The Labute approximate surface area is 402 Å². The van der Waals surface area contributed by atoms with Gasteiger partial charge in [-0.15, -0.1) is 0 Å². The fourth-order valence-electron chi connectivity index (χ4n) is 11.2. The zero-order valence-corrected chi connectivity index (χ0v) is 39.7. The average Bonchev–Trinajstić information content (AvgIpc) is 3.93. The Bertz CT molecular complexity index is 2920. The Morgan fingerprint density at radius 3 is 2.55 bits per heavy atom. The van der Waals surface area contributed by atoms with Crippen LogP contribution in [0, 0.1) is 11.3 Å². The van der Waals surface area contributed by atoms with Crippen molar-refractivity contribution in [3.8, 4) is 23.0 Å². The molecular weight excluding hydrogens is 873 g/mol. The number of carbonyl (C=O) groups excluding carboxylic acids is 3. The molecule has 1 spiro atoms. The van der Waals surface area contributed by atoms with Crippen LogP contribution in [0.4, 0.5) is 5.69 Å². The first-order valence-corrected chi connectivity index (χ1v) is 24.1. The van der Waals surface area contributed by atoms with Gasteiger partial charge in [-0.05, 0) is 127 Å². The van der Waals surface area contributed by atoms with Crippen molar-refractivity contribution in [3.63, 3.8) is 0 Å². The highest BCUT2D eigenvalue weighted by atomic mass is 16.5. The van der Waals surface area contributed by atoms with E-state index in [2.05, 4.69) is 75.5 Å². The van der Waals surface area contributed by atoms with Crippen molar-refractivity contribution in [3.05, 3.63) is 148 Å². The number of aliphatic hydroxyl groups is 1. The summed E-state index contributed by atoms with van der Waals surface area (Å²) >= 11 is 0. The second kappa shape index (κ2) is 19.6. The summed E-state index contributed by atoms with van der Waals surface area (Å²) in [7, 11) is 1.40. The Kier molecular flexibility index (Phi) is 13.3. The lowest BCUT2D eigenvalue weighted by atomic mass is 9.66. The molecule has 4 heterocycles. The molecule has 2 aliphatic carbocycles. The Morgan fingerprint density at radius 1 is 0.957 bits per heavy atom. The number of benzene rings is 3. The number of aromatic hydroxyl groups is 3. The van der Waals surface area contributed by atoms with Gasteiger partial charge in [0, 0.05) is 80.3 Å². The fourth-order valence-corrected chi connectivity index (χ4v) is 11.2. The highest BCUT2D eigenvalue weighted by Crippen LogP contribution is 2.48. The first kappa shape index (κ1) is 47.1. The number of nitrogens with zero attached hydrogens (tertiary/aromatic N) is 2. The molecule has 9 rings (SSSR count). The molecule has 0 amide bonds. The molecule has 13 nitrogen and oxygen atoms in total. The van der Waals surface area contributed by atoms with Crippen molar-refractivity contribution in [2.24, 2.45) is 11.3 Å². The standard InChI is InChI=1S/C56H62N4O9/c1-33-8-5-6-18-56(33)19-15-43(69-35(3)62)27-42(64)28-49(38-24-51(66)55(67)52(25-38)68-4)60-32-46-47(12-11-44-50(65)14-13-48(60)54(44)46)59(21-17-34(2)61)53-26-37(16-20-58-53)45(36-9-7-10-41(63)22-36)23-39-30-57-31-40(39)29-56/h5-12,16,18,22,24-26,30-33,43,45,49-50,57-58,63,65-67H,13-15,17,19-21,23,27-29H2,1-4H3/t33-,43+,45-,49-,50-,56-/m0/s1. The molecule has 3 aromatic carbocycles. The van der Waals surface area contributed by atoms with Gasteiger partial charge in [0.05, 0.1) is 24.9 Å². The number of dihydropyridines is 1. The lowest BCUT2D eigenvalue weighted by Crippen LogP contribution is -2.35. The van der Waals surface area contributed by atoms with Crippen LogP contribution in [0.2, 0.25) is 0 Å². The number of esters is 1. The van der Waals surface area contributed by atoms with Crippen LogP contribution in [0.1, 0.15) is 111 Å². The third-order valence-corrected chi connectivity index (χ3v) is 14.9. The maximum atomic E-state index is 14.8. The van der Waals surface area contributed by atoms with Gasteiger partial charge in [0.2, 0.25) is 5.75 Å². The molecular formula is C56H62N4O9. The predicted molar refractivity (Wildman–Crippen MR) is 264 cm³/mol. The molecule has 360 valence electrons. The van der Waals surface area contributed by atoms with Crippen molar-refractivity contribution < 1.29 is 44.3 Å². The second-order valence-corrected chi connectivity index (χ2v) is 19.3. The molecule has 6 N–H and O–H groups in total. The number of aromatic nitrogens is 2. The van der Waals surface area contributed by atoms with Gasteiger partial charge in [0.15, 0.2) is 11.5 Å². The van der Waals surface area contributed by atoms with E-state index in [0.29, 0.717) is 57.2 Å². The van der Waals surface area contributed by atoms with E-state index in [-0.39, 0.29) is 59.6 Å². The van der Waals surface area contributed by atoms with E-state index < -0.39 is 35.7 Å². The summed E-state index contributed by atoms with van der Waals surface area (Å²) in [5.41, 5.74) is 6.79. The van der Waals surface area contributed by atoms with E-state index in [1.165, 1.54) is 20.1 Å². The molecule has 2 aliphatic heterocycles. The molecule has 13 heteroatoms. The number of ketones is 2. The van der Waals surface area contributed by atoms with Crippen LogP contribution in [-0.4, -0.2) is 73.8 Å². The maximum absolute atomic E-state index is 14.8. The Balaban J connectivity index is 1.27. The van der Waals surface area contributed by atoms with E-state index in [9.17, 15) is 34.8 Å². The van der Waals surface area contributed by atoms with Crippen LogP contribution < -0.4 is 15.0 Å². The molecule has 69 heavy (non-hydrogen) atoms. The summed E-state index contributed by atoms with van der Waals surface area (Å²) in [4.78, 5) is 46.0. The number of phenolic OH excluding ortho intramolecular Hbond substituents is 3. The smallest absolute Gasteiger partial charge is 0.302 e. The van der Waals surface area contributed by atoms with Crippen LogP contribution in [0.3, 0.4) is 0 Å². The molecule has 0 unspecified atom stereocenters. The SMILES string of the molecule is COc1cc([C@@H]2CC(=O)C[C@H](OC(C)=O)CC[C@@]3(C=CC=C[C@@H]3C)Cc3c[nH]cc3C[C@@H](c3cccc(O)c3)C3=CCNC(=C3)N(CCC(C)=O)c3ccc4c5c(n2cc35)CC[C@@H]4O)cc(O)c1O. The van der Waals surface area contributed by atoms with Gasteiger partial charge in [-0.1, -0.05) is 55.5 Å². The Hall–Kier alpha value is -6.99. The summed E-state index contributed by atoms with van der Waals surface area (Å²) in [6.07, 6.45) is 20.9. The van der Waals surface area contributed by atoms with Crippen molar-refractivity contribution in [2.45, 2.75) is 103 Å². The van der Waals surface area contributed by atoms with E-state index in [4.69, 9.17) is 9.47 Å². The molecule has 6 atom stereocenters. The van der Waals surface area contributed by atoms with Gasteiger partial charge >= 0.3 is 5.97 Å². The number of methoxy groups -OCH3 is 1. The minimum atomic E-state index is -0.750. The van der Waals surface area contributed by atoms with Crippen molar-refractivity contribution >= 4 is 34.0 Å². The number of ether oxygens (including phenoxy) is 2. The number of aromatic amines is 1. The third kappa shape index (κ3) is 9.57. The number of aliphatic hydroxyl groups excluding tert-OH is 1. The van der Waals surface area contributed by atoms with Crippen molar-refractivity contribution in [1.82, 2.24) is 14.9 Å². The molecule has 2 aromatic heterocycles. The Morgan fingerprint density at radius 2 is 1.78 bits per heavy atom. The molecule has 0 saturated heterocycles.